The number of anilines is 1. The Balaban J connectivity index is 1.73. The second kappa shape index (κ2) is 8.23. The van der Waals surface area contributed by atoms with Gasteiger partial charge in [-0.2, -0.15) is 5.01 Å². The third-order valence-corrected chi connectivity index (χ3v) is 4.64. The van der Waals surface area contributed by atoms with Crippen LogP contribution in [-0.4, -0.2) is 34.3 Å². The third-order valence-electron chi connectivity index (χ3n) is 4.64. The molecule has 9 heteroatoms. The lowest BCUT2D eigenvalue weighted by atomic mass is 9.98. The average Bonchev–Trinajstić information content (AvgIpc) is 2.73. The van der Waals surface area contributed by atoms with Gasteiger partial charge in [0.1, 0.15) is 11.5 Å². The number of aromatic amines is 1. The smallest absolute Gasteiger partial charge is 0.274 e. The largest absolute Gasteiger partial charge is 0.320 e. The van der Waals surface area contributed by atoms with Crippen LogP contribution in [0.5, 0.6) is 0 Å². The Labute approximate surface area is 176 Å². The first-order valence-electron chi connectivity index (χ1n) is 9.47. The Morgan fingerprint density at radius 2 is 2.00 bits per heavy atom. The van der Waals surface area contributed by atoms with Crippen LogP contribution in [-0.2, 0) is 14.4 Å². The number of hydrogen-bond donors (Lipinski definition) is 1. The number of aromatic nitrogens is 1. The van der Waals surface area contributed by atoms with Crippen molar-refractivity contribution < 1.29 is 14.4 Å². The van der Waals surface area contributed by atoms with E-state index >= 15 is 0 Å². The van der Waals surface area contributed by atoms with Crippen molar-refractivity contribution in [2.24, 2.45) is 15.3 Å². The summed E-state index contributed by atoms with van der Waals surface area (Å²) in [5, 5.41) is 9.08. The number of nitrogens with zero attached hydrogens (tertiary/aromatic N) is 4. The van der Waals surface area contributed by atoms with E-state index in [0.717, 1.165) is 10.6 Å². The molecule has 2 heterocycles. The number of carbonyl (C=O) groups is 3. The number of amides is 1. The summed E-state index contributed by atoms with van der Waals surface area (Å²) in [6, 6.07) is 8.11. The molecule has 0 fully saturated rings. The fraction of sp³-hybridized carbons (Fsp3) is 0.136. The number of dihydropyridines is 1. The van der Waals surface area contributed by atoms with E-state index in [1.54, 1.807) is 48.6 Å². The van der Waals surface area contributed by atoms with E-state index in [-0.39, 0.29) is 17.6 Å². The van der Waals surface area contributed by atoms with Gasteiger partial charge < -0.3 is 4.98 Å². The number of benzene rings is 1. The maximum atomic E-state index is 12.7. The summed E-state index contributed by atoms with van der Waals surface area (Å²) in [7, 11) is 0. The van der Waals surface area contributed by atoms with Gasteiger partial charge in [-0.1, -0.05) is 47.7 Å². The molecule has 0 saturated carbocycles. The highest BCUT2D eigenvalue weighted by atomic mass is 16.2. The first-order valence-corrected chi connectivity index (χ1v) is 9.47. The number of aliphatic imine (C=N–C) groups is 1. The molecule has 1 amide bonds. The Kier molecular flexibility index (Phi) is 5.31. The fourth-order valence-corrected chi connectivity index (χ4v) is 3.18. The van der Waals surface area contributed by atoms with Gasteiger partial charge in [-0.05, 0) is 30.7 Å². The minimum Gasteiger partial charge on any atom is -0.320 e. The van der Waals surface area contributed by atoms with Crippen LogP contribution >= 0.6 is 0 Å². The maximum Gasteiger partial charge on any atom is 0.274 e. The molecule has 1 unspecified atom stereocenters. The van der Waals surface area contributed by atoms with E-state index in [1.165, 1.54) is 19.1 Å². The molecule has 31 heavy (non-hydrogen) atoms. The number of amidine groups is 1. The van der Waals surface area contributed by atoms with Crippen molar-refractivity contribution >= 4 is 39.9 Å². The van der Waals surface area contributed by atoms with Crippen LogP contribution in [0.25, 0.3) is 10.9 Å². The molecule has 1 aliphatic heterocycles. The first-order chi connectivity index (χ1) is 14.9. The van der Waals surface area contributed by atoms with Crippen molar-refractivity contribution in [3.05, 3.63) is 76.6 Å². The fourth-order valence-electron chi connectivity index (χ4n) is 3.18. The molecular weight excluding hydrogens is 398 g/mol. The first kappa shape index (κ1) is 20.0. The number of Topliss-reactive ketones (excluding diaryl/α,β-unsaturated/α-hetero) is 1. The highest BCUT2D eigenvalue weighted by Gasteiger charge is 2.24. The number of fused-ring (bicyclic) bond motifs is 2. The number of allylic oxidation sites excluding steroid dienone is 2. The van der Waals surface area contributed by atoms with Crippen LogP contribution in [0.4, 0.5) is 5.69 Å². The maximum absolute atomic E-state index is 12.7. The van der Waals surface area contributed by atoms with Crippen molar-refractivity contribution in [1.82, 2.24) is 4.98 Å². The summed E-state index contributed by atoms with van der Waals surface area (Å²) >= 11 is 0. The van der Waals surface area contributed by atoms with E-state index < -0.39 is 29.5 Å². The normalized spacial score (nSPS) is 17.5. The van der Waals surface area contributed by atoms with E-state index in [2.05, 4.69) is 20.3 Å². The average molecular weight is 415 g/mol. The van der Waals surface area contributed by atoms with Gasteiger partial charge in [-0.25, -0.2) is 4.99 Å². The summed E-state index contributed by atoms with van der Waals surface area (Å²) in [6.07, 6.45) is 8.08. The molecule has 2 aliphatic rings. The van der Waals surface area contributed by atoms with Gasteiger partial charge in [0.25, 0.3) is 11.5 Å². The number of rotatable bonds is 4. The second-order valence-corrected chi connectivity index (χ2v) is 6.99. The lowest BCUT2D eigenvalue weighted by molar-refractivity contribution is -0.125. The molecule has 0 bridgehead atoms. The van der Waals surface area contributed by atoms with Crippen molar-refractivity contribution in [2.45, 2.75) is 19.4 Å². The van der Waals surface area contributed by atoms with Crippen LogP contribution in [0.2, 0.25) is 0 Å². The van der Waals surface area contributed by atoms with Gasteiger partial charge in [0, 0.05) is 10.9 Å². The van der Waals surface area contributed by atoms with Crippen molar-refractivity contribution in [2.75, 3.05) is 5.01 Å². The molecule has 1 N–H and O–H groups in total. The highest BCUT2D eigenvalue weighted by molar-refractivity contribution is 6.44. The topological polar surface area (TPSA) is 124 Å². The summed E-state index contributed by atoms with van der Waals surface area (Å²) in [6.45, 7) is 1.25. The van der Waals surface area contributed by atoms with Gasteiger partial charge >= 0.3 is 0 Å². The van der Waals surface area contributed by atoms with E-state index in [9.17, 15) is 19.2 Å². The lowest BCUT2D eigenvalue weighted by Crippen LogP contribution is -2.32. The van der Waals surface area contributed by atoms with Crippen molar-refractivity contribution in [3.63, 3.8) is 0 Å². The molecule has 1 aromatic heterocycles. The number of ketones is 2. The Hall–Kier alpha value is -4.27. The van der Waals surface area contributed by atoms with E-state index in [1.807, 2.05) is 0 Å². The zero-order valence-corrected chi connectivity index (χ0v) is 16.5. The number of carbonyl (C=O) groups excluding carboxylic acids is 3. The number of nitrogens with one attached hydrogen (secondary N) is 1. The molecule has 2 aromatic rings. The van der Waals surface area contributed by atoms with Crippen LogP contribution in [0.3, 0.4) is 0 Å². The van der Waals surface area contributed by atoms with E-state index in [0.29, 0.717) is 10.9 Å². The van der Waals surface area contributed by atoms with Crippen molar-refractivity contribution in [3.8, 4) is 0 Å². The number of para-hydroxylation sites is 1. The predicted molar refractivity (Wildman–Crippen MR) is 115 cm³/mol. The second-order valence-electron chi connectivity index (χ2n) is 6.99. The molecule has 1 atom stereocenters. The third kappa shape index (κ3) is 4.20. The van der Waals surface area contributed by atoms with Crippen LogP contribution < -0.4 is 10.6 Å². The molecule has 1 aromatic carbocycles. The Bertz CT molecular complexity index is 1310. The minimum atomic E-state index is -0.752. The standard InChI is InChI=1S/C22H17N5O4/c1-13(28)10-20(30)27(18-11-14-6-2-5-9-17(14)24-22(18)31)26-25-21-19(29)12-15-7-3-4-8-16(15)23-21/h2-9,11-12,16H,10H2,1H3,(H,24,31). The molecule has 0 spiro atoms. The van der Waals surface area contributed by atoms with Crippen LogP contribution in [0.15, 0.2) is 86.4 Å². The number of H-pyrrole nitrogens is 1. The van der Waals surface area contributed by atoms with Gasteiger partial charge in [0.2, 0.25) is 11.6 Å². The Morgan fingerprint density at radius 3 is 2.81 bits per heavy atom. The van der Waals surface area contributed by atoms with Gasteiger partial charge in [-0.3, -0.25) is 19.2 Å². The molecular formula is C22H17N5O4. The van der Waals surface area contributed by atoms with Gasteiger partial charge in [0.05, 0.1) is 12.5 Å². The molecule has 9 nitrogen and oxygen atoms in total. The number of hydrogen-bond acceptors (Lipinski definition) is 7. The predicted octanol–water partition coefficient (Wildman–Crippen LogP) is 2.61. The Morgan fingerprint density at radius 1 is 1.19 bits per heavy atom. The summed E-state index contributed by atoms with van der Waals surface area (Å²) < 4.78 is 0. The summed E-state index contributed by atoms with van der Waals surface area (Å²) in [4.78, 5) is 56.0. The molecule has 0 radical (unpaired) electrons. The zero-order chi connectivity index (χ0) is 22.0. The number of pyridine rings is 1. The monoisotopic (exact) mass is 415 g/mol. The molecule has 154 valence electrons. The SMILES string of the molecule is CC(=O)CC(=O)N(N=NC1=NC2C=CC=CC2=CC1=O)c1cc2ccccc2[nH]c1=O. The van der Waals surface area contributed by atoms with Gasteiger partial charge in [0.15, 0.2) is 0 Å². The van der Waals surface area contributed by atoms with Crippen LogP contribution in [0, 0.1) is 0 Å². The summed E-state index contributed by atoms with van der Waals surface area (Å²) in [5.74, 6) is -1.83. The minimum absolute atomic E-state index is 0.116. The van der Waals surface area contributed by atoms with Gasteiger partial charge in [-0.15, -0.1) is 5.11 Å². The molecule has 4 rings (SSSR count). The van der Waals surface area contributed by atoms with E-state index in [4.69, 9.17) is 0 Å². The molecule has 1 aliphatic carbocycles. The quantitative estimate of drug-likeness (QED) is 0.468. The highest BCUT2D eigenvalue weighted by Crippen LogP contribution is 2.21. The van der Waals surface area contributed by atoms with Crippen LogP contribution in [0.1, 0.15) is 13.3 Å². The lowest BCUT2D eigenvalue weighted by Gasteiger charge is -2.18. The zero-order valence-electron chi connectivity index (χ0n) is 16.5. The summed E-state index contributed by atoms with van der Waals surface area (Å²) in [5.41, 5.74) is 0.596. The molecule has 0 saturated heterocycles. The van der Waals surface area contributed by atoms with Crippen molar-refractivity contribution in [1.29, 1.82) is 0 Å².